The minimum Gasteiger partial charge on any atom is -0.493 e. The number of hydrogen-bond donors (Lipinski definition) is 2. The van der Waals surface area contributed by atoms with Gasteiger partial charge >= 0.3 is 0 Å². The van der Waals surface area contributed by atoms with E-state index in [0.29, 0.717) is 18.9 Å². The molecular weight excluding hydrogens is 352 g/mol. The number of ether oxygens (including phenoxy) is 2. The second-order valence-electron chi connectivity index (χ2n) is 6.37. The standard InChI is InChI=1S/C23H24N2O3/c1-17(26)25-21-11-9-20(10-12-21)24-15-19-8-13-22(23(14-19)27-2)28-16-18-6-4-3-5-7-18/h3-14,24H,15-16H2,1-2H3,(H,25,26). The first-order valence-electron chi connectivity index (χ1n) is 9.09. The van der Waals surface area contributed by atoms with E-state index in [1.807, 2.05) is 72.8 Å². The van der Waals surface area contributed by atoms with Crippen LogP contribution >= 0.6 is 0 Å². The molecule has 144 valence electrons. The third-order valence-electron chi connectivity index (χ3n) is 4.17. The lowest BCUT2D eigenvalue weighted by molar-refractivity contribution is -0.114. The Labute approximate surface area is 165 Å². The second kappa shape index (κ2) is 9.46. The van der Waals surface area contributed by atoms with Crippen LogP contribution in [0.4, 0.5) is 11.4 Å². The molecule has 5 heteroatoms. The van der Waals surface area contributed by atoms with Gasteiger partial charge in [-0.15, -0.1) is 0 Å². The first kappa shape index (κ1) is 19.3. The molecule has 0 saturated heterocycles. The Morgan fingerprint density at radius 3 is 2.25 bits per heavy atom. The molecule has 0 aliphatic heterocycles. The highest BCUT2D eigenvalue weighted by molar-refractivity contribution is 5.88. The Kier molecular flexibility index (Phi) is 6.52. The van der Waals surface area contributed by atoms with E-state index >= 15 is 0 Å². The topological polar surface area (TPSA) is 59.6 Å². The van der Waals surface area contributed by atoms with Crippen molar-refractivity contribution in [2.45, 2.75) is 20.1 Å². The van der Waals surface area contributed by atoms with Crippen LogP contribution in [-0.2, 0) is 17.9 Å². The molecule has 0 aliphatic rings. The number of nitrogens with one attached hydrogen (secondary N) is 2. The Bertz CT molecular complexity index is 909. The molecule has 0 atom stereocenters. The van der Waals surface area contributed by atoms with Gasteiger partial charge in [0.2, 0.25) is 5.91 Å². The Morgan fingerprint density at radius 2 is 1.57 bits per heavy atom. The lowest BCUT2D eigenvalue weighted by Gasteiger charge is -2.13. The largest absolute Gasteiger partial charge is 0.493 e. The summed E-state index contributed by atoms with van der Waals surface area (Å²) in [6, 6.07) is 23.5. The number of rotatable bonds is 8. The molecule has 1 amide bonds. The molecule has 5 nitrogen and oxygen atoms in total. The fraction of sp³-hybridized carbons (Fsp3) is 0.174. The van der Waals surface area contributed by atoms with E-state index in [1.54, 1.807) is 7.11 Å². The van der Waals surface area contributed by atoms with Crippen LogP contribution in [0.2, 0.25) is 0 Å². The van der Waals surface area contributed by atoms with Crippen LogP contribution in [0.1, 0.15) is 18.1 Å². The Morgan fingerprint density at radius 1 is 0.857 bits per heavy atom. The van der Waals surface area contributed by atoms with Crippen LogP contribution < -0.4 is 20.1 Å². The van der Waals surface area contributed by atoms with Gasteiger partial charge in [-0.1, -0.05) is 36.4 Å². The third kappa shape index (κ3) is 5.51. The maximum absolute atomic E-state index is 11.1. The molecule has 0 bridgehead atoms. The highest BCUT2D eigenvalue weighted by atomic mass is 16.5. The Hall–Kier alpha value is -3.47. The predicted octanol–water partition coefficient (Wildman–Crippen LogP) is 4.84. The number of benzene rings is 3. The van der Waals surface area contributed by atoms with Crippen molar-refractivity contribution in [2.75, 3.05) is 17.7 Å². The van der Waals surface area contributed by atoms with Gasteiger partial charge < -0.3 is 20.1 Å². The Balaban J connectivity index is 1.59. The van der Waals surface area contributed by atoms with Gasteiger partial charge in [-0.05, 0) is 47.5 Å². The fourth-order valence-electron chi connectivity index (χ4n) is 2.76. The van der Waals surface area contributed by atoms with Gasteiger partial charge in [0.25, 0.3) is 0 Å². The van der Waals surface area contributed by atoms with Crippen LogP contribution in [0.3, 0.4) is 0 Å². The van der Waals surface area contributed by atoms with Crippen LogP contribution in [0, 0.1) is 0 Å². The summed E-state index contributed by atoms with van der Waals surface area (Å²) in [4.78, 5) is 11.1. The summed E-state index contributed by atoms with van der Waals surface area (Å²) in [6.07, 6.45) is 0. The average molecular weight is 376 g/mol. The zero-order valence-electron chi connectivity index (χ0n) is 16.1. The van der Waals surface area contributed by atoms with E-state index in [0.717, 1.165) is 28.3 Å². The normalized spacial score (nSPS) is 10.2. The van der Waals surface area contributed by atoms with Crippen molar-refractivity contribution in [2.24, 2.45) is 0 Å². The average Bonchev–Trinajstić information content (AvgIpc) is 2.72. The van der Waals surface area contributed by atoms with Crippen LogP contribution in [0.5, 0.6) is 11.5 Å². The summed E-state index contributed by atoms with van der Waals surface area (Å²) in [5.74, 6) is 1.34. The highest BCUT2D eigenvalue weighted by Gasteiger charge is 2.07. The van der Waals surface area contributed by atoms with Gasteiger partial charge in [-0.3, -0.25) is 4.79 Å². The molecule has 0 unspecified atom stereocenters. The quantitative estimate of drug-likeness (QED) is 0.590. The minimum absolute atomic E-state index is 0.0811. The number of hydrogen-bond acceptors (Lipinski definition) is 4. The lowest BCUT2D eigenvalue weighted by atomic mass is 10.2. The number of carbonyl (C=O) groups is 1. The summed E-state index contributed by atoms with van der Waals surface area (Å²) >= 11 is 0. The van der Waals surface area contributed by atoms with Crippen molar-refractivity contribution in [3.63, 3.8) is 0 Å². The molecule has 0 fully saturated rings. The zero-order chi connectivity index (χ0) is 19.8. The van der Waals surface area contributed by atoms with E-state index in [2.05, 4.69) is 10.6 Å². The summed E-state index contributed by atoms with van der Waals surface area (Å²) < 4.78 is 11.4. The predicted molar refractivity (Wildman–Crippen MR) is 112 cm³/mol. The molecule has 0 radical (unpaired) electrons. The van der Waals surface area contributed by atoms with Crippen molar-refractivity contribution in [3.05, 3.63) is 83.9 Å². The third-order valence-corrected chi connectivity index (χ3v) is 4.17. The molecule has 3 aromatic carbocycles. The second-order valence-corrected chi connectivity index (χ2v) is 6.37. The van der Waals surface area contributed by atoms with E-state index in [9.17, 15) is 4.79 Å². The van der Waals surface area contributed by atoms with Crippen molar-refractivity contribution < 1.29 is 14.3 Å². The number of anilines is 2. The molecule has 0 aliphatic carbocycles. The van der Waals surface area contributed by atoms with E-state index in [1.165, 1.54) is 6.92 Å². The van der Waals surface area contributed by atoms with Gasteiger partial charge in [0, 0.05) is 24.8 Å². The van der Waals surface area contributed by atoms with Gasteiger partial charge in [0.1, 0.15) is 6.61 Å². The number of methoxy groups -OCH3 is 1. The van der Waals surface area contributed by atoms with Crippen LogP contribution in [-0.4, -0.2) is 13.0 Å². The van der Waals surface area contributed by atoms with Crippen molar-refractivity contribution in [1.82, 2.24) is 0 Å². The molecule has 0 saturated carbocycles. The molecule has 28 heavy (non-hydrogen) atoms. The van der Waals surface area contributed by atoms with Gasteiger partial charge in [0.15, 0.2) is 11.5 Å². The van der Waals surface area contributed by atoms with Crippen LogP contribution in [0.25, 0.3) is 0 Å². The maximum Gasteiger partial charge on any atom is 0.221 e. The molecule has 3 aromatic rings. The SMILES string of the molecule is COc1cc(CNc2ccc(NC(C)=O)cc2)ccc1OCc1ccccc1. The first-order chi connectivity index (χ1) is 13.6. The lowest BCUT2D eigenvalue weighted by Crippen LogP contribution is -2.06. The number of amides is 1. The van der Waals surface area contributed by atoms with E-state index < -0.39 is 0 Å². The van der Waals surface area contributed by atoms with E-state index in [4.69, 9.17) is 9.47 Å². The summed E-state index contributed by atoms with van der Waals surface area (Å²) in [5, 5.41) is 6.11. The molecular formula is C23H24N2O3. The van der Waals surface area contributed by atoms with Crippen molar-refractivity contribution >= 4 is 17.3 Å². The molecule has 2 N–H and O–H groups in total. The molecule has 0 aromatic heterocycles. The summed E-state index contributed by atoms with van der Waals surface area (Å²) in [5.41, 5.74) is 3.94. The first-order valence-corrected chi connectivity index (χ1v) is 9.09. The molecule has 0 spiro atoms. The van der Waals surface area contributed by atoms with Crippen molar-refractivity contribution in [1.29, 1.82) is 0 Å². The summed E-state index contributed by atoms with van der Waals surface area (Å²) in [6.45, 7) is 2.64. The van der Waals surface area contributed by atoms with Crippen molar-refractivity contribution in [3.8, 4) is 11.5 Å². The van der Waals surface area contributed by atoms with Crippen LogP contribution in [0.15, 0.2) is 72.8 Å². The molecule has 3 rings (SSSR count). The van der Waals surface area contributed by atoms with Gasteiger partial charge in [-0.25, -0.2) is 0 Å². The molecule has 0 heterocycles. The smallest absolute Gasteiger partial charge is 0.221 e. The fourth-order valence-corrected chi connectivity index (χ4v) is 2.76. The number of carbonyl (C=O) groups excluding carboxylic acids is 1. The maximum atomic E-state index is 11.1. The highest BCUT2D eigenvalue weighted by Crippen LogP contribution is 2.29. The van der Waals surface area contributed by atoms with E-state index in [-0.39, 0.29) is 5.91 Å². The summed E-state index contributed by atoms with van der Waals surface area (Å²) in [7, 11) is 1.64. The van der Waals surface area contributed by atoms with Gasteiger partial charge in [-0.2, -0.15) is 0 Å². The monoisotopic (exact) mass is 376 g/mol. The zero-order valence-corrected chi connectivity index (χ0v) is 16.1. The van der Waals surface area contributed by atoms with Gasteiger partial charge in [0.05, 0.1) is 7.11 Å². The minimum atomic E-state index is -0.0811.